The summed E-state index contributed by atoms with van der Waals surface area (Å²) in [6, 6.07) is 0. The molecule has 1 aliphatic rings. The molecule has 1 rings (SSSR count). The predicted molar refractivity (Wildman–Crippen MR) is 63.9 cm³/mol. The van der Waals surface area contributed by atoms with Crippen LogP contribution in [0.1, 0.15) is 32.1 Å². The van der Waals surface area contributed by atoms with Crippen LogP contribution in [-0.4, -0.2) is 41.6 Å². The number of hydrogen-bond donors (Lipinski definition) is 1. The largest absolute Gasteiger partial charge is 0.393 e. The third kappa shape index (κ3) is 4.76. The Morgan fingerprint density at radius 1 is 1.29 bits per heavy atom. The van der Waals surface area contributed by atoms with Gasteiger partial charge in [0, 0.05) is 11.9 Å². The van der Waals surface area contributed by atoms with Gasteiger partial charge in [0.1, 0.15) is 0 Å². The van der Waals surface area contributed by atoms with Gasteiger partial charge in [-0.25, -0.2) is 0 Å². The van der Waals surface area contributed by atoms with E-state index in [-0.39, 0.29) is 6.10 Å². The number of unbranched alkanes of at least 4 members (excludes halogenated alkanes) is 2. The SMILES string of the molecule is CN(CCCCCBr)CC1CC(O)C1. The maximum atomic E-state index is 9.15. The Labute approximate surface area is 95.8 Å². The normalized spacial score (nSPS) is 26.6. The predicted octanol–water partition coefficient (Wildman–Crippen LogP) is 2.25. The van der Waals surface area contributed by atoms with Gasteiger partial charge in [0.2, 0.25) is 0 Å². The topological polar surface area (TPSA) is 23.5 Å². The van der Waals surface area contributed by atoms with Crippen LogP contribution in [0.4, 0.5) is 0 Å². The van der Waals surface area contributed by atoms with Gasteiger partial charge in [-0.1, -0.05) is 22.4 Å². The average molecular weight is 264 g/mol. The second-order valence-corrected chi connectivity index (χ2v) is 5.30. The highest BCUT2D eigenvalue weighted by Crippen LogP contribution is 2.27. The fraction of sp³-hybridized carbons (Fsp3) is 1.00. The first-order valence-electron chi connectivity index (χ1n) is 5.65. The summed E-state index contributed by atoms with van der Waals surface area (Å²) in [5, 5.41) is 10.3. The molecule has 0 aromatic carbocycles. The van der Waals surface area contributed by atoms with Crippen LogP contribution in [0.5, 0.6) is 0 Å². The molecule has 0 saturated heterocycles. The molecule has 1 saturated carbocycles. The van der Waals surface area contributed by atoms with E-state index in [4.69, 9.17) is 5.11 Å². The molecule has 0 radical (unpaired) electrons. The monoisotopic (exact) mass is 263 g/mol. The van der Waals surface area contributed by atoms with Crippen molar-refractivity contribution >= 4 is 15.9 Å². The van der Waals surface area contributed by atoms with Crippen molar-refractivity contribution in [3.05, 3.63) is 0 Å². The van der Waals surface area contributed by atoms with E-state index in [1.165, 1.54) is 32.4 Å². The number of alkyl halides is 1. The van der Waals surface area contributed by atoms with Gasteiger partial charge in [0.15, 0.2) is 0 Å². The third-order valence-corrected chi connectivity index (χ3v) is 3.51. The molecule has 2 nitrogen and oxygen atoms in total. The number of nitrogens with zero attached hydrogens (tertiary/aromatic N) is 1. The molecule has 0 bridgehead atoms. The Bertz CT molecular complexity index is 148. The summed E-state index contributed by atoms with van der Waals surface area (Å²) in [6.07, 6.45) is 5.95. The molecule has 0 aromatic heterocycles. The highest BCUT2D eigenvalue weighted by molar-refractivity contribution is 9.09. The van der Waals surface area contributed by atoms with Crippen molar-refractivity contribution in [1.29, 1.82) is 0 Å². The molecule has 14 heavy (non-hydrogen) atoms. The summed E-state index contributed by atoms with van der Waals surface area (Å²) in [5.41, 5.74) is 0. The lowest BCUT2D eigenvalue weighted by Crippen LogP contribution is -2.37. The number of aliphatic hydroxyl groups is 1. The molecule has 1 aliphatic carbocycles. The first kappa shape index (κ1) is 12.5. The molecule has 0 heterocycles. The van der Waals surface area contributed by atoms with E-state index in [0.29, 0.717) is 0 Å². The first-order chi connectivity index (χ1) is 6.72. The van der Waals surface area contributed by atoms with Crippen molar-refractivity contribution in [2.24, 2.45) is 5.92 Å². The molecule has 0 atom stereocenters. The summed E-state index contributed by atoms with van der Waals surface area (Å²) >= 11 is 3.44. The van der Waals surface area contributed by atoms with Crippen LogP contribution in [0.3, 0.4) is 0 Å². The zero-order chi connectivity index (χ0) is 10.4. The van der Waals surface area contributed by atoms with E-state index in [1.807, 2.05) is 0 Å². The third-order valence-electron chi connectivity index (χ3n) is 2.95. The highest BCUT2D eigenvalue weighted by atomic mass is 79.9. The van der Waals surface area contributed by atoms with E-state index in [1.54, 1.807) is 0 Å². The van der Waals surface area contributed by atoms with Gasteiger partial charge < -0.3 is 10.0 Å². The number of rotatable bonds is 7. The van der Waals surface area contributed by atoms with E-state index in [9.17, 15) is 0 Å². The van der Waals surface area contributed by atoms with Crippen molar-refractivity contribution < 1.29 is 5.11 Å². The fourth-order valence-electron chi connectivity index (χ4n) is 2.03. The molecule has 0 unspecified atom stereocenters. The number of aliphatic hydroxyl groups excluding tert-OH is 1. The van der Waals surface area contributed by atoms with Gasteiger partial charge in [-0.3, -0.25) is 0 Å². The van der Waals surface area contributed by atoms with Crippen LogP contribution in [0.2, 0.25) is 0 Å². The van der Waals surface area contributed by atoms with Gasteiger partial charge in [0.05, 0.1) is 6.10 Å². The van der Waals surface area contributed by atoms with Crippen LogP contribution in [0, 0.1) is 5.92 Å². The van der Waals surface area contributed by atoms with E-state index < -0.39 is 0 Å². The maximum Gasteiger partial charge on any atom is 0.0546 e. The van der Waals surface area contributed by atoms with Crippen LogP contribution >= 0.6 is 15.9 Å². The van der Waals surface area contributed by atoms with E-state index in [0.717, 1.165) is 24.1 Å². The zero-order valence-corrected chi connectivity index (χ0v) is 10.7. The van der Waals surface area contributed by atoms with Crippen molar-refractivity contribution in [1.82, 2.24) is 4.90 Å². The molecular formula is C11H22BrNO. The maximum absolute atomic E-state index is 9.15. The average Bonchev–Trinajstić information content (AvgIpc) is 2.10. The van der Waals surface area contributed by atoms with E-state index in [2.05, 4.69) is 27.9 Å². The van der Waals surface area contributed by atoms with Gasteiger partial charge in [-0.15, -0.1) is 0 Å². The standard InChI is InChI=1S/C11H22BrNO/c1-13(6-4-2-3-5-12)9-10-7-11(14)8-10/h10-11,14H,2-9H2,1H3. The van der Waals surface area contributed by atoms with Crippen LogP contribution in [0.25, 0.3) is 0 Å². The Morgan fingerprint density at radius 3 is 2.57 bits per heavy atom. The molecular weight excluding hydrogens is 242 g/mol. The van der Waals surface area contributed by atoms with Gasteiger partial charge in [-0.05, 0) is 45.2 Å². The van der Waals surface area contributed by atoms with Gasteiger partial charge in [0.25, 0.3) is 0 Å². The summed E-state index contributed by atoms with van der Waals surface area (Å²) in [4.78, 5) is 2.41. The fourth-order valence-corrected chi connectivity index (χ4v) is 2.43. The second kappa shape index (κ2) is 6.81. The molecule has 3 heteroatoms. The number of hydrogen-bond acceptors (Lipinski definition) is 2. The smallest absolute Gasteiger partial charge is 0.0546 e. The highest BCUT2D eigenvalue weighted by Gasteiger charge is 2.27. The lowest BCUT2D eigenvalue weighted by atomic mass is 9.82. The second-order valence-electron chi connectivity index (χ2n) is 4.50. The Hall–Kier alpha value is 0.400. The van der Waals surface area contributed by atoms with E-state index >= 15 is 0 Å². The zero-order valence-electron chi connectivity index (χ0n) is 9.08. The van der Waals surface area contributed by atoms with Gasteiger partial charge in [-0.2, -0.15) is 0 Å². The Morgan fingerprint density at radius 2 is 2.00 bits per heavy atom. The molecule has 0 amide bonds. The molecule has 84 valence electrons. The lowest BCUT2D eigenvalue weighted by molar-refractivity contribution is 0.0282. The van der Waals surface area contributed by atoms with Crippen LogP contribution in [-0.2, 0) is 0 Å². The molecule has 1 N–H and O–H groups in total. The van der Waals surface area contributed by atoms with Crippen molar-refractivity contribution in [3.8, 4) is 0 Å². The van der Waals surface area contributed by atoms with Crippen molar-refractivity contribution in [2.45, 2.75) is 38.2 Å². The minimum atomic E-state index is 0.00166. The number of halogens is 1. The Balaban J connectivity index is 1.91. The lowest BCUT2D eigenvalue weighted by Gasteiger charge is -2.34. The first-order valence-corrected chi connectivity index (χ1v) is 6.77. The summed E-state index contributed by atoms with van der Waals surface area (Å²) in [5.74, 6) is 0.756. The molecule has 0 spiro atoms. The minimum absolute atomic E-state index is 0.00166. The van der Waals surface area contributed by atoms with Crippen LogP contribution in [0.15, 0.2) is 0 Å². The Kier molecular flexibility index (Phi) is 6.06. The quantitative estimate of drug-likeness (QED) is 0.563. The minimum Gasteiger partial charge on any atom is -0.393 e. The van der Waals surface area contributed by atoms with Crippen LogP contribution < -0.4 is 0 Å². The molecule has 1 fully saturated rings. The summed E-state index contributed by atoms with van der Waals surface area (Å²) < 4.78 is 0. The van der Waals surface area contributed by atoms with Crippen molar-refractivity contribution in [3.63, 3.8) is 0 Å². The molecule has 0 aromatic rings. The summed E-state index contributed by atoms with van der Waals surface area (Å²) in [6.45, 7) is 2.38. The van der Waals surface area contributed by atoms with Crippen molar-refractivity contribution in [2.75, 3.05) is 25.5 Å². The van der Waals surface area contributed by atoms with Gasteiger partial charge >= 0.3 is 0 Å². The molecule has 0 aliphatic heterocycles. The summed E-state index contributed by atoms with van der Waals surface area (Å²) in [7, 11) is 2.19.